The average molecular weight is 369 g/mol. The summed E-state index contributed by atoms with van der Waals surface area (Å²) in [5, 5.41) is 5.56. The van der Waals surface area contributed by atoms with E-state index in [-0.39, 0.29) is 11.8 Å². The fraction of sp³-hybridized carbons (Fsp3) is 0.333. The molecule has 0 fully saturated rings. The molecule has 0 aliphatic rings. The van der Waals surface area contributed by atoms with Gasteiger partial charge in [-0.1, -0.05) is 6.92 Å². The van der Waals surface area contributed by atoms with Gasteiger partial charge in [-0.15, -0.1) is 0 Å². The minimum atomic E-state index is -0.250. The topological polar surface area (TPSA) is 70.7 Å². The van der Waals surface area contributed by atoms with E-state index in [1.165, 1.54) is 6.92 Å². The number of hydrogen-bond donors (Lipinski definition) is 2. The number of ether oxygens (including phenoxy) is 1. The smallest absolute Gasteiger partial charge is 0.255 e. The van der Waals surface area contributed by atoms with Gasteiger partial charge in [-0.25, -0.2) is 0 Å². The molecule has 0 atom stereocenters. The molecule has 2 aromatic carbocycles. The second-order valence-electron chi connectivity index (χ2n) is 6.17. The van der Waals surface area contributed by atoms with Gasteiger partial charge in [0.1, 0.15) is 5.75 Å². The lowest BCUT2D eigenvalue weighted by atomic mass is 10.1. The Balaban J connectivity index is 2.20. The van der Waals surface area contributed by atoms with E-state index < -0.39 is 0 Å². The zero-order valence-electron chi connectivity index (χ0n) is 16.3. The van der Waals surface area contributed by atoms with Crippen LogP contribution in [0.1, 0.15) is 37.6 Å². The van der Waals surface area contributed by atoms with E-state index in [1.54, 1.807) is 37.4 Å². The Kier molecular flexibility index (Phi) is 7.23. The Morgan fingerprint density at radius 3 is 2.26 bits per heavy atom. The van der Waals surface area contributed by atoms with Crippen LogP contribution in [0, 0.1) is 0 Å². The Bertz CT molecular complexity index is 788. The molecule has 0 heterocycles. The molecule has 0 bridgehead atoms. The summed E-state index contributed by atoms with van der Waals surface area (Å²) >= 11 is 0. The van der Waals surface area contributed by atoms with Crippen molar-refractivity contribution in [2.45, 2.75) is 27.2 Å². The number of nitrogens with zero attached hydrogens (tertiary/aromatic N) is 1. The summed E-state index contributed by atoms with van der Waals surface area (Å²) in [7, 11) is 1.55. The molecule has 2 N–H and O–H groups in total. The molecule has 2 amide bonds. The van der Waals surface area contributed by atoms with Crippen molar-refractivity contribution in [1.29, 1.82) is 0 Å². The number of rotatable bonds is 8. The monoisotopic (exact) mass is 369 g/mol. The highest BCUT2D eigenvalue weighted by atomic mass is 16.5. The molecule has 27 heavy (non-hydrogen) atoms. The molecule has 144 valence electrons. The van der Waals surface area contributed by atoms with Crippen molar-refractivity contribution in [3.05, 3.63) is 48.0 Å². The van der Waals surface area contributed by atoms with Crippen molar-refractivity contribution in [3.63, 3.8) is 0 Å². The third-order valence-electron chi connectivity index (χ3n) is 4.16. The molecule has 0 unspecified atom stereocenters. The van der Waals surface area contributed by atoms with Crippen molar-refractivity contribution >= 4 is 28.9 Å². The first-order valence-electron chi connectivity index (χ1n) is 9.10. The van der Waals surface area contributed by atoms with Crippen LogP contribution >= 0.6 is 0 Å². The molecule has 0 aliphatic heterocycles. The number of amides is 2. The first-order chi connectivity index (χ1) is 13.0. The van der Waals surface area contributed by atoms with Crippen molar-refractivity contribution in [3.8, 4) is 5.75 Å². The van der Waals surface area contributed by atoms with Gasteiger partial charge in [0.25, 0.3) is 5.91 Å². The summed E-state index contributed by atoms with van der Waals surface area (Å²) in [4.78, 5) is 26.3. The van der Waals surface area contributed by atoms with Crippen LogP contribution in [-0.2, 0) is 4.79 Å². The predicted molar refractivity (Wildman–Crippen MR) is 110 cm³/mol. The highest BCUT2D eigenvalue weighted by Gasteiger charge is 2.12. The molecular weight excluding hydrogens is 342 g/mol. The first kappa shape index (κ1) is 20.3. The molecule has 0 aliphatic carbocycles. The van der Waals surface area contributed by atoms with Crippen molar-refractivity contribution in [2.75, 3.05) is 35.7 Å². The van der Waals surface area contributed by atoms with Crippen LogP contribution in [0.25, 0.3) is 0 Å². The van der Waals surface area contributed by atoms with Crippen LogP contribution in [-0.4, -0.2) is 32.0 Å². The van der Waals surface area contributed by atoms with Gasteiger partial charge in [-0.2, -0.15) is 0 Å². The second-order valence-corrected chi connectivity index (χ2v) is 6.17. The normalized spacial score (nSPS) is 10.2. The fourth-order valence-electron chi connectivity index (χ4n) is 2.81. The van der Waals surface area contributed by atoms with Crippen molar-refractivity contribution in [2.24, 2.45) is 0 Å². The maximum Gasteiger partial charge on any atom is 0.255 e. The highest BCUT2D eigenvalue weighted by Crippen LogP contribution is 2.28. The van der Waals surface area contributed by atoms with E-state index in [9.17, 15) is 9.59 Å². The van der Waals surface area contributed by atoms with Gasteiger partial charge in [0, 0.05) is 37.3 Å². The lowest BCUT2D eigenvalue weighted by Gasteiger charge is -2.22. The van der Waals surface area contributed by atoms with E-state index in [4.69, 9.17) is 4.74 Å². The van der Waals surface area contributed by atoms with Crippen molar-refractivity contribution < 1.29 is 14.3 Å². The zero-order valence-corrected chi connectivity index (χ0v) is 16.3. The number of carbonyl (C=O) groups excluding carboxylic acids is 2. The van der Waals surface area contributed by atoms with Gasteiger partial charge >= 0.3 is 0 Å². The quantitative estimate of drug-likeness (QED) is 0.734. The zero-order chi connectivity index (χ0) is 19.8. The van der Waals surface area contributed by atoms with Crippen LogP contribution in [0.5, 0.6) is 5.75 Å². The van der Waals surface area contributed by atoms with E-state index in [1.807, 2.05) is 12.1 Å². The molecule has 0 aromatic heterocycles. The molecule has 0 radical (unpaired) electrons. The van der Waals surface area contributed by atoms with E-state index in [0.717, 1.165) is 25.2 Å². The summed E-state index contributed by atoms with van der Waals surface area (Å²) in [6.07, 6.45) is 1.07. The van der Waals surface area contributed by atoms with E-state index in [0.29, 0.717) is 22.7 Å². The molecule has 2 aromatic rings. The van der Waals surface area contributed by atoms with Gasteiger partial charge in [0.2, 0.25) is 5.91 Å². The molecular formula is C21H27N3O3. The molecule has 6 heteroatoms. The van der Waals surface area contributed by atoms with Crippen LogP contribution in [0.3, 0.4) is 0 Å². The standard InChI is InChI=1S/C21H27N3O3/c1-5-13-24(6-2)17-9-7-16(8-10-17)21(26)23-20-14-18(27-4)11-12-19(20)22-15(3)25/h7-12,14H,5-6,13H2,1-4H3,(H,22,25)(H,23,26). The molecule has 2 rings (SSSR count). The van der Waals surface area contributed by atoms with E-state index in [2.05, 4.69) is 29.4 Å². The number of anilines is 3. The summed E-state index contributed by atoms with van der Waals surface area (Å²) in [6, 6.07) is 12.6. The number of nitrogens with one attached hydrogen (secondary N) is 2. The lowest BCUT2D eigenvalue weighted by Crippen LogP contribution is -2.23. The Morgan fingerprint density at radius 2 is 1.70 bits per heavy atom. The average Bonchev–Trinajstić information content (AvgIpc) is 2.67. The maximum atomic E-state index is 12.6. The van der Waals surface area contributed by atoms with Crippen LogP contribution in [0.4, 0.5) is 17.1 Å². The van der Waals surface area contributed by atoms with Gasteiger partial charge in [-0.3, -0.25) is 9.59 Å². The van der Waals surface area contributed by atoms with Gasteiger partial charge in [-0.05, 0) is 49.7 Å². The number of hydrogen-bond acceptors (Lipinski definition) is 4. The van der Waals surface area contributed by atoms with Gasteiger partial charge in [0.05, 0.1) is 18.5 Å². The predicted octanol–water partition coefficient (Wildman–Crippen LogP) is 4.14. The van der Waals surface area contributed by atoms with Gasteiger partial charge < -0.3 is 20.3 Å². The summed E-state index contributed by atoms with van der Waals surface area (Å²) in [5.74, 6) is 0.128. The SMILES string of the molecule is CCCN(CC)c1ccc(C(=O)Nc2cc(OC)ccc2NC(C)=O)cc1. The Morgan fingerprint density at radius 1 is 1.00 bits per heavy atom. The largest absolute Gasteiger partial charge is 0.497 e. The summed E-state index contributed by atoms with van der Waals surface area (Å²) < 4.78 is 5.21. The molecule has 0 saturated heterocycles. The number of methoxy groups -OCH3 is 1. The molecule has 6 nitrogen and oxygen atoms in total. The number of carbonyl (C=O) groups is 2. The van der Waals surface area contributed by atoms with Crippen LogP contribution in [0.2, 0.25) is 0 Å². The summed E-state index contributed by atoms with van der Waals surface area (Å²) in [5.41, 5.74) is 2.65. The minimum absolute atomic E-state index is 0.212. The molecule has 0 spiro atoms. The Hall–Kier alpha value is -3.02. The minimum Gasteiger partial charge on any atom is -0.497 e. The van der Waals surface area contributed by atoms with Gasteiger partial charge in [0.15, 0.2) is 0 Å². The third-order valence-corrected chi connectivity index (χ3v) is 4.16. The Labute approximate surface area is 160 Å². The molecule has 0 saturated carbocycles. The summed E-state index contributed by atoms with van der Waals surface area (Å²) in [6.45, 7) is 7.58. The van der Waals surface area contributed by atoms with E-state index >= 15 is 0 Å². The highest BCUT2D eigenvalue weighted by molar-refractivity contribution is 6.07. The van der Waals surface area contributed by atoms with Crippen molar-refractivity contribution in [1.82, 2.24) is 0 Å². The third kappa shape index (κ3) is 5.48. The fourth-order valence-corrected chi connectivity index (χ4v) is 2.81. The van der Waals surface area contributed by atoms with Crippen LogP contribution < -0.4 is 20.3 Å². The maximum absolute atomic E-state index is 12.6. The lowest BCUT2D eigenvalue weighted by molar-refractivity contribution is -0.114. The first-order valence-corrected chi connectivity index (χ1v) is 9.10. The van der Waals surface area contributed by atoms with Crippen LogP contribution in [0.15, 0.2) is 42.5 Å². The number of benzene rings is 2. The second kappa shape index (κ2) is 9.62.